The molecule has 2 aliphatic rings. The Morgan fingerprint density at radius 2 is 2.05 bits per heavy atom. The van der Waals surface area contributed by atoms with Crippen LogP contribution in [0.1, 0.15) is 56.6 Å². The van der Waals surface area contributed by atoms with E-state index in [0.717, 1.165) is 34.5 Å². The molecule has 2 atom stereocenters. The maximum absolute atomic E-state index is 6.59. The Morgan fingerprint density at radius 1 is 1.29 bits per heavy atom. The molecule has 4 heteroatoms. The van der Waals surface area contributed by atoms with Crippen molar-refractivity contribution in [3.8, 4) is 0 Å². The number of halogens is 2. The zero-order valence-electron chi connectivity index (χ0n) is 12.3. The third kappa shape index (κ3) is 3.47. The van der Waals surface area contributed by atoms with Gasteiger partial charge in [-0.15, -0.1) is 0 Å². The lowest BCUT2D eigenvalue weighted by atomic mass is 9.73. The van der Waals surface area contributed by atoms with Gasteiger partial charge in [0.15, 0.2) is 0 Å². The van der Waals surface area contributed by atoms with Crippen molar-refractivity contribution >= 4 is 27.5 Å². The second kappa shape index (κ2) is 6.57. The van der Waals surface area contributed by atoms with E-state index in [1.54, 1.807) is 0 Å². The fraction of sp³-hybridized carbons (Fsp3) is 0.647. The standard InChI is InChI=1S/C17H23BrClNO/c18-15-5-4-13(19)10-14(15)16(20)12-6-9-21-17(11-12)7-2-1-3-8-17/h4-5,10,12,16H,1-3,6-9,11,20H2. The van der Waals surface area contributed by atoms with E-state index in [0.29, 0.717) is 5.92 Å². The van der Waals surface area contributed by atoms with Crippen LogP contribution in [0.4, 0.5) is 0 Å². The molecular weight excluding hydrogens is 350 g/mol. The SMILES string of the molecule is NC(c1cc(Cl)ccc1Br)C1CCOC2(CCCCC2)C1. The molecule has 0 bridgehead atoms. The first-order chi connectivity index (χ1) is 10.1. The van der Waals surface area contributed by atoms with Crippen LogP contribution in [0.5, 0.6) is 0 Å². The van der Waals surface area contributed by atoms with E-state index in [9.17, 15) is 0 Å². The van der Waals surface area contributed by atoms with Gasteiger partial charge in [0.05, 0.1) is 5.60 Å². The molecule has 1 aliphatic carbocycles. The van der Waals surface area contributed by atoms with Crippen LogP contribution in [0.2, 0.25) is 5.02 Å². The van der Waals surface area contributed by atoms with Crippen LogP contribution in [0.3, 0.4) is 0 Å². The molecule has 1 aromatic rings. The Balaban J connectivity index is 1.77. The van der Waals surface area contributed by atoms with Gasteiger partial charge in [-0.05, 0) is 55.4 Å². The zero-order valence-corrected chi connectivity index (χ0v) is 14.6. The quantitative estimate of drug-likeness (QED) is 0.771. The van der Waals surface area contributed by atoms with E-state index in [4.69, 9.17) is 22.1 Å². The van der Waals surface area contributed by atoms with Crippen molar-refractivity contribution in [1.82, 2.24) is 0 Å². The van der Waals surface area contributed by atoms with Gasteiger partial charge in [-0.2, -0.15) is 0 Å². The molecule has 1 heterocycles. The number of nitrogens with two attached hydrogens (primary N) is 1. The lowest BCUT2D eigenvalue weighted by Gasteiger charge is -2.45. The summed E-state index contributed by atoms with van der Waals surface area (Å²) in [6.45, 7) is 0.844. The summed E-state index contributed by atoms with van der Waals surface area (Å²) >= 11 is 9.76. The fourth-order valence-corrected chi connectivity index (χ4v) is 4.63. The van der Waals surface area contributed by atoms with Gasteiger partial charge in [0.1, 0.15) is 0 Å². The summed E-state index contributed by atoms with van der Waals surface area (Å²) in [5.41, 5.74) is 7.81. The Bertz CT molecular complexity index is 496. The van der Waals surface area contributed by atoms with Gasteiger partial charge in [0, 0.05) is 22.1 Å². The fourth-order valence-electron chi connectivity index (χ4n) is 3.94. The lowest BCUT2D eigenvalue weighted by Crippen LogP contribution is -2.44. The van der Waals surface area contributed by atoms with Crippen LogP contribution >= 0.6 is 27.5 Å². The van der Waals surface area contributed by atoms with Gasteiger partial charge in [-0.1, -0.05) is 46.8 Å². The van der Waals surface area contributed by atoms with E-state index in [1.165, 1.54) is 32.1 Å². The van der Waals surface area contributed by atoms with Crippen LogP contribution in [0.25, 0.3) is 0 Å². The molecule has 1 aliphatic heterocycles. The average molecular weight is 373 g/mol. The highest BCUT2D eigenvalue weighted by atomic mass is 79.9. The minimum Gasteiger partial charge on any atom is -0.375 e. The van der Waals surface area contributed by atoms with Crippen LogP contribution in [0, 0.1) is 5.92 Å². The first-order valence-electron chi connectivity index (χ1n) is 7.94. The first-order valence-corrected chi connectivity index (χ1v) is 9.11. The van der Waals surface area contributed by atoms with E-state index in [1.807, 2.05) is 18.2 Å². The minimum atomic E-state index is 0.0285. The Kier molecular flexibility index (Phi) is 4.94. The second-order valence-electron chi connectivity index (χ2n) is 6.54. The average Bonchev–Trinajstić information content (AvgIpc) is 2.50. The summed E-state index contributed by atoms with van der Waals surface area (Å²) in [5, 5.41) is 0.753. The summed E-state index contributed by atoms with van der Waals surface area (Å²) in [4.78, 5) is 0. The Morgan fingerprint density at radius 3 is 2.81 bits per heavy atom. The normalized spacial score (nSPS) is 26.7. The van der Waals surface area contributed by atoms with Crippen molar-refractivity contribution in [2.24, 2.45) is 11.7 Å². The van der Waals surface area contributed by atoms with Gasteiger partial charge in [-0.3, -0.25) is 0 Å². The molecule has 2 unspecified atom stereocenters. The van der Waals surface area contributed by atoms with Crippen molar-refractivity contribution in [1.29, 1.82) is 0 Å². The topological polar surface area (TPSA) is 35.2 Å². The van der Waals surface area contributed by atoms with Crippen molar-refractivity contribution in [2.45, 2.75) is 56.6 Å². The predicted octanol–water partition coefficient (Wildman–Crippen LogP) is 5.23. The van der Waals surface area contributed by atoms with Gasteiger partial charge in [0.2, 0.25) is 0 Å². The predicted molar refractivity (Wildman–Crippen MR) is 90.6 cm³/mol. The molecule has 3 rings (SSSR count). The monoisotopic (exact) mass is 371 g/mol. The molecule has 0 aromatic heterocycles. The van der Waals surface area contributed by atoms with Crippen molar-refractivity contribution in [2.75, 3.05) is 6.61 Å². The summed E-state index contributed by atoms with van der Waals surface area (Å²) in [6.07, 6.45) is 8.47. The molecule has 2 fully saturated rings. The molecule has 0 amide bonds. The minimum absolute atomic E-state index is 0.0285. The molecule has 21 heavy (non-hydrogen) atoms. The number of hydrogen-bond donors (Lipinski definition) is 1. The van der Waals surface area contributed by atoms with Gasteiger partial charge < -0.3 is 10.5 Å². The van der Waals surface area contributed by atoms with Crippen molar-refractivity contribution in [3.05, 3.63) is 33.3 Å². The highest BCUT2D eigenvalue weighted by Gasteiger charge is 2.40. The molecule has 2 nitrogen and oxygen atoms in total. The Hall–Kier alpha value is -0.0900. The third-order valence-electron chi connectivity index (χ3n) is 5.12. The highest BCUT2D eigenvalue weighted by Crippen LogP contribution is 2.44. The maximum atomic E-state index is 6.59. The summed E-state index contributed by atoms with van der Waals surface area (Å²) in [7, 11) is 0. The molecule has 1 saturated carbocycles. The summed E-state index contributed by atoms with van der Waals surface area (Å²) in [5.74, 6) is 0.478. The molecule has 1 saturated heterocycles. The number of benzene rings is 1. The van der Waals surface area contributed by atoms with Crippen molar-refractivity contribution < 1.29 is 4.74 Å². The molecule has 116 valence electrons. The third-order valence-corrected chi connectivity index (χ3v) is 6.08. The smallest absolute Gasteiger partial charge is 0.0685 e. The summed E-state index contributed by atoms with van der Waals surface area (Å²) in [6, 6.07) is 5.92. The van der Waals surface area contributed by atoms with Gasteiger partial charge in [-0.25, -0.2) is 0 Å². The Labute approximate surface area is 140 Å². The molecule has 2 N–H and O–H groups in total. The first kappa shape index (κ1) is 15.8. The molecular formula is C17H23BrClNO. The largest absolute Gasteiger partial charge is 0.375 e. The van der Waals surface area contributed by atoms with Crippen molar-refractivity contribution in [3.63, 3.8) is 0 Å². The molecule has 0 radical (unpaired) electrons. The highest BCUT2D eigenvalue weighted by molar-refractivity contribution is 9.10. The number of ether oxygens (including phenoxy) is 1. The van der Waals surface area contributed by atoms with Crippen LogP contribution < -0.4 is 5.73 Å². The number of hydrogen-bond acceptors (Lipinski definition) is 2. The van der Waals surface area contributed by atoms with Crippen LogP contribution in [-0.2, 0) is 4.74 Å². The van der Waals surface area contributed by atoms with Gasteiger partial charge >= 0.3 is 0 Å². The second-order valence-corrected chi connectivity index (χ2v) is 7.83. The van der Waals surface area contributed by atoms with Gasteiger partial charge in [0.25, 0.3) is 0 Å². The van der Waals surface area contributed by atoms with E-state index in [-0.39, 0.29) is 11.6 Å². The molecule has 1 spiro atoms. The zero-order chi connectivity index (χ0) is 14.9. The number of rotatable bonds is 2. The molecule has 1 aromatic carbocycles. The van der Waals surface area contributed by atoms with Crippen LogP contribution in [0.15, 0.2) is 22.7 Å². The van der Waals surface area contributed by atoms with Crippen LogP contribution in [-0.4, -0.2) is 12.2 Å². The van der Waals surface area contributed by atoms with E-state index < -0.39 is 0 Å². The van der Waals surface area contributed by atoms with E-state index in [2.05, 4.69) is 15.9 Å². The maximum Gasteiger partial charge on any atom is 0.0685 e. The lowest BCUT2D eigenvalue weighted by molar-refractivity contribution is -0.120. The summed E-state index contributed by atoms with van der Waals surface area (Å²) < 4.78 is 7.24. The van der Waals surface area contributed by atoms with E-state index >= 15 is 0 Å².